The average Bonchev–Trinajstić information content (AvgIpc) is 2.88. The standard InChI is InChI=1S/C17H13BrClN4O/c1-23-9-13(18)16(22-23)10-3-2-4-12(7-10)21-15-6-5-11(17(20)24)8-14(15)19/h2-9,20-21H,1H3. The van der Waals surface area contributed by atoms with E-state index >= 15 is 0 Å². The van der Waals surface area contributed by atoms with E-state index in [1.807, 2.05) is 37.5 Å². The van der Waals surface area contributed by atoms with E-state index in [0.717, 1.165) is 21.4 Å². The summed E-state index contributed by atoms with van der Waals surface area (Å²) in [5, 5.41) is 8.04. The summed E-state index contributed by atoms with van der Waals surface area (Å²) < 4.78 is 2.66. The van der Waals surface area contributed by atoms with Crippen LogP contribution >= 0.6 is 27.5 Å². The van der Waals surface area contributed by atoms with Gasteiger partial charge < -0.3 is 5.32 Å². The van der Waals surface area contributed by atoms with Crippen molar-refractivity contribution in [2.24, 2.45) is 7.05 Å². The Morgan fingerprint density at radius 3 is 2.71 bits per heavy atom. The third-order valence-electron chi connectivity index (χ3n) is 3.43. The molecular weight excluding hydrogens is 392 g/mol. The highest BCUT2D eigenvalue weighted by molar-refractivity contribution is 9.10. The minimum absolute atomic E-state index is 0.261. The van der Waals surface area contributed by atoms with Gasteiger partial charge in [-0.2, -0.15) is 5.10 Å². The number of carbonyl (C=O) groups is 1. The van der Waals surface area contributed by atoms with Gasteiger partial charge in [0.25, 0.3) is 5.91 Å². The number of carbonyl (C=O) groups excluding carboxylic acids is 1. The van der Waals surface area contributed by atoms with E-state index in [9.17, 15) is 4.79 Å². The lowest BCUT2D eigenvalue weighted by molar-refractivity contribution is 0.0992. The van der Waals surface area contributed by atoms with Gasteiger partial charge in [-0.25, -0.2) is 0 Å². The van der Waals surface area contributed by atoms with Crippen molar-refractivity contribution in [1.82, 2.24) is 15.5 Å². The fourth-order valence-corrected chi connectivity index (χ4v) is 3.14. The van der Waals surface area contributed by atoms with Crippen molar-refractivity contribution in [3.63, 3.8) is 0 Å². The molecule has 0 fully saturated rings. The minimum Gasteiger partial charge on any atom is -0.354 e. The van der Waals surface area contributed by atoms with Crippen molar-refractivity contribution < 1.29 is 4.79 Å². The van der Waals surface area contributed by atoms with Crippen LogP contribution in [0, 0.1) is 0 Å². The first-order chi connectivity index (χ1) is 11.4. The predicted molar refractivity (Wildman–Crippen MR) is 98.5 cm³/mol. The Balaban J connectivity index is 1.90. The Hall–Kier alpha value is -2.31. The van der Waals surface area contributed by atoms with Crippen LogP contribution in [0.25, 0.3) is 11.3 Å². The van der Waals surface area contributed by atoms with Gasteiger partial charge in [0.2, 0.25) is 0 Å². The van der Waals surface area contributed by atoms with E-state index in [4.69, 9.17) is 17.3 Å². The Kier molecular flexibility index (Phi) is 4.59. The number of aromatic nitrogens is 2. The molecule has 1 radical (unpaired) electrons. The van der Waals surface area contributed by atoms with E-state index in [0.29, 0.717) is 10.7 Å². The van der Waals surface area contributed by atoms with Crippen LogP contribution < -0.4 is 11.1 Å². The molecule has 1 heterocycles. The topological polar surface area (TPSA) is 70.7 Å². The third-order valence-corrected chi connectivity index (χ3v) is 4.32. The number of halogens is 2. The molecule has 0 saturated heterocycles. The second-order valence-corrected chi connectivity index (χ2v) is 6.49. The van der Waals surface area contributed by atoms with Gasteiger partial charge in [-0.3, -0.25) is 15.2 Å². The van der Waals surface area contributed by atoms with Crippen LogP contribution in [0.4, 0.5) is 11.4 Å². The molecule has 2 aromatic carbocycles. The zero-order chi connectivity index (χ0) is 17.3. The van der Waals surface area contributed by atoms with Gasteiger partial charge in [0.15, 0.2) is 0 Å². The molecular formula is C17H13BrClN4O. The molecule has 5 nitrogen and oxygen atoms in total. The molecule has 7 heteroatoms. The van der Waals surface area contributed by atoms with Crippen molar-refractivity contribution in [2.75, 3.05) is 5.32 Å². The van der Waals surface area contributed by atoms with E-state index in [1.54, 1.807) is 16.8 Å². The van der Waals surface area contributed by atoms with Gasteiger partial charge in [-0.1, -0.05) is 23.7 Å². The molecule has 3 aromatic rings. The number of nitrogens with one attached hydrogen (secondary N) is 2. The SMILES string of the molecule is Cn1cc(Br)c(-c2cccc(Nc3ccc(C([NH])=O)cc3Cl)c2)n1. The molecule has 0 unspecified atom stereocenters. The summed E-state index contributed by atoms with van der Waals surface area (Å²) in [6, 6.07) is 12.5. The number of benzene rings is 2. The lowest BCUT2D eigenvalue weighted by atomic mass is 10.1. The zero-order valence-electron chi connectivity index (χ0n) is 12.7. The van der Waals surface area contributed by atoms with E-state index in [1.165, 1.54) is 6.07 Å². The largest absolute Gasteiger partial charge is 0.354 e. The minimum atomic E-state index is -0.759. The molecule has 0 saturated carbocycles. The lowest BCUT2D eigenvalue weighted by Gasteiger charge is -2.10. The van der Waals surface area contributed by atoms with Crippen LogP contribution in [-0.4, -0.2) is 15.7 Å². The van der Waals surface area contributed by atoms with Gasteiger partial charge in [0.05, 0.1) is 15.2 Å². The third kappa shape index (κ3) is 3.44. The summed E-state index contributed by atoms with van der Waals surface area (Å²) in [7, 11) is 1.87. The molecule has 0 bridgehead atoms. The normalized spacial score (nSPS) is 10.6. The highest BCUT2D eigenvalue weighted by Gasteiger charge is 2.10. The highest BCUT2D eigenvalue weighted by Crippen LogP contribution is 2.31. The molecule has 1 amide bonds. The smallest absolute Gasteiger partial charge is 0.269 e. The number of aryl methyl sites for hydroxylation is 1. The maximum Gasteiger partial charge on any atom is 0.269 e. The summed E-state index contributed by atoms with van der Waals surface area (Å²) in [6.07, 6.45) is 1.89. The highest BCUT2D eigenvalue weighted by atomic mass is 79.9. The summed E-state index contributed by atoms with van der Waals surface area (Å²) in [5.41, 5.74) is 10.7. The van der Waals surface area contributed by atoms with Crippen molar-refractivity contribution in [2.45, 2.75) is 0 Å². The molecule has 0 aliphatic rings. The number of hydrogen-bond acceptors (Lipinski definition) is 3. The maximum absolute atomic E-state index is 11.1. The Labute approximate surface area is 152 Å². The number of rotatable bonds is 4. The van der Waals surface area contributed by atoms with Gasteiger partial charge in [0, 0.05) is 30.1 Å². The van der Waals surface area contributed by atoms with Crippen LogP contribution in [0.5, 0.6) is 0 Å². The van der Waals surface area contributed by atoms with E-state index in [2.05, 4.69) is 26.3 Å². The molecule has 2 N–H and O–H groups in total. The Morgan fingerprint density at radius 2 is 2.08 bits per heavy atom. The first-order valence-corrected chi connectivity index (χ1v) is 8.23. The number of anilines is 2. The van der Waals surface area contributed by atoms with Crippen molar-refractivity contribution in [1.29, 1.82) is 0 Å². The summed E-state index contributed by atoms with van der Waals surface area (Å²) in [5.74, 6) is -0.759. The molecule has 1 aromatic heterocycles. The number of amides is 1. The Bertz CT molecular complexity index is 923. The fraction of sp³-hybridized carbons (Fsp3) is 0.0588. The first kappa shape index (κ1) is 16.5. The molecule has 24 heavy (non-hydrogen) atoms. The molecule has 0 aliphatic heterocycles. The second kappa shape index (κ2) is 6.67. The predicted octanol–water partition coefficient (Wildman–Crippen LogP) is 4.67. The van der Waals surface area contributed by atoms with Crippen LogP contribution in [0.3, 0.4) is 0 Å². The monoisotopic (exact) mass is 403 g/mol. The van der Waals surface area contributed by atoms with Crippen molar-refractivity contribution in [3.05, 3.63) is 63.7 Å². The van der Waals surface area contributed by atoms with Crippen molar-refractivity contribution in [3.8, 4) is 11.3 Å². The van der Waals surface area contributed by atoms with Gasteiger partial charge >= 0.3 is 0 Å². The molecule has 0 spiro atoms. The maximum atomic E-state index is 11.1. The molecule has 0 aliphatic carbocycles. The Morgan fingerprint density at radius 1 is 1.29 bits per heavy atom. The molecule has 121 valence electrons. The van der Waals surface area contributed by atoms with Crippen molar-refractivity contribution >= 4 is 44.8 Å². The summed E-state index contributed by atoms with van der Waals surface area (Å²) in [4.78, 5) is 11.1. The summed E-state index contributed by atoms with van der Waals surface area (Å²) >= 11 is 9.69. The average molecular weight is 405 g/mol. The molecule has 0 atom stereocenters. The lowest BCUT2D eigenvalue weighted by Crippen LogP contribution is -1.99. The van der Waals surface area contributed by atoms with Gasteiger partial charge in [-0.05, 0) is 46.3 Å². The van der Waals surface area contributed by atoms with Crippen LogP contribution in [0.15, 0.2) is 53.1 Å². The van der Waals surface area contributed by atoms with Crippen LogP contribution in [0.1, 0.15) is 10.4 Å². The van der Waals surface area contributed by atoms with E-state index < -0.39 is 5.91 Å². The number of hydrogen-bond donors (Lipinski definition) is 1. The quantitative estimate of drug-likeness (QED) is 0.687. The van der Waals surface area contributed by atoms with Crippen LogP contribution in [0.2, 0.25) is 5.02 Å². The second-order valence-electron chi connectivity index (χ2n) is 5.23. The van der Waals surface area contributed by atoms with E-state index in [-0.39, 0.29) is 5.56 Å². The first-order valence-electron chi connectivity index (χ1n) is 7.06. The molecule has 3 rings (SSSR count). The number of nitrogens with zero attached hydrogens (tertiary/aromatic N) is 2. The van der Waals surface area contributed by atoms with Gasteiger partial charge in [-0.15, -0.1) is 0 Å². The van der Waals surface area contributed by atoms with Gasteiger partial charge in [0.1, 0.15) is 5.69 Å². The van der Waals surface area contributed by atoms with Crippen LogP contribution in [-0.2, 0) is 7.05 Å². The fourth-order valence-electron chi connectivity index (χ4n) is 2.31. The zero-order valence-corrected chi connectivity index (χ0v) is 15.0. The summed E-state index contributed by atoms with van der Waals surface area (Å²) in [6.45, 7) is 0.